The number of aromatic amines is 1. The topological polar surface area (TPSA) is 49.8 Å². The second-order valence-electron chi connectivity index (χ2n) is 4.98. The number of benzene rings is 2. The molecule has 3 aromatic rings. The van der Waals surface area contributed by atoms with Gasteiger partial charge in [0.2, 0.25) is 0 Å². The van der Waals surface area contributed by atoms with Gasteiger partial charge >= 0.3 is 0 Å². The summed E-state index contributed by atoms with van der Waals surface area (Å²) >= 11 is 6.84. The van der Waals surface area contributed by atoms with Gasteiger partial charge in [-0.25, -0.2) is 4.39 Å². The highest BCUT2D eigenvalue weighted by Crippen LogP contribution is 2.20. The van der Waals surface area contributed by atoms with E-state index in [1.165, 1.54) is 12.1 Å². The molecule has 3 rings (SSSR count). The Balaban J connectivity index is 1.93. The molecular formula is C17H14FN3OS2. The van der Waals surface area contributed by atoms with Crippen molar-refractivity contribution in [1.29, 1.82) is 0 Å². The molecule has 1 amide bonds. The summed E-state index contributed by atoms with van der Waals surface area (Å²) in [7, 11) is 0. The zero-order valence-corrected chi connectivity index (χ0v) is 14.4. The second-order valence-corrected chi connectivity index (χ2v) is 6.24. The van der Waals surface area contributed by atoms with Crippen molar-refractivity contribution in [2.75, 3.05) is 11.6 Å². The first-order chi connectivity index (χ1) is 11.6. The Morgan fingerprint density at radius 3 is 2.71 bits per heavy atom. The maximum atomic E-state index is 13.1. The van der Waals surface area contributed by atoms with Gasteiger partial charge in [-0.05, 0) is 60.9 Å². The van der Waals surface area contributed by atoms with Crippen molar-refractivity contribution in [2.24, 2.45) is 0 Å². The molecule has 2 N–H and O–H groups in total. The average molecular weight is 359 g/mol. The van der Waals surface area contributed by atoms with Gasteiger partial charge < -0.3 is 10.3 Å². The lowest BCUT2D eigenvalue weighted by Crippen LogP contribution is -2.16. The molecule has 4 nitrogen and oxygen atoms in total. The molecular weight excluding hydrogens is 345 g/mol. The molecule has 122 valence electrons. The summed E-state index contributed by atoms with van der Waals surface area (Å²) in [6.07, 6.45) is 3.51. The number of carbonyl (C=O) groups excluding carboxylic acids is 1. The summed E-state index contributed by atoms with van der Waals surface area (Å²) < 4.78 is 15.1. The van der Waals surface area contributed by atoms with Crippen LogP contribution in [0.5, 0.6) is 0 Å². The van der Waals surface area contributed by atoms with E-state index in [0.29, 0.717) is 21.8 Å². The number of H-pyrrole nitrogens is 1. The lowest BCUT2D eigenvalue weighted by Gasteiger charge is -2.10. The van der Waals surface area contributed by atoms with Crippen LogP contribution in [0, 0.1) is 10.6 Å². The highest BCUT2D eigenvalue weighted by Gasteiger charge is 2.15. The summed E-state index contributed by atoms with van der Waals surface area (Å²) in [5.74, 6) is -0.648. The van der Waals surface area contributed by atoms with E-state index < -0.39 is 0 Å². The van der Waals surface area contributed by atoms with Gasteiger partial charge in [-0.2, -0.15) is 0 Å². The number of hydrogen-bond acceptors (Lipinski definition) is 3. The molecule has 1 aromatic heterocycles. The third-order valence-electron chi connectivity index (χ3n) is 3.42. The largest absolute Gasteiger partial charge is 0.336 e. The first-order valence-corrected chi connectivity index (χ1v) is 8.73. The van der Waals surface area contributed by atoms with Crippen molar-refractivity contribution >= 4 is 35.6 Å². The van der Waals surface area contributed by atoms with Crippen LogP contribution in [0.25, 0.3) is 5.69 Å². The Labute approximate surface area is 147 Å². The second kappa shape index (κ2) is 7.02. The fraction of sp³-hybridized carbons (Fsp3) is 0.0588. The van der Waals surface area contributed by atoms with Crippen molar-refractivity contribution < 1.29 is 9.18 Å². The van der Waals surface area contributed by atoms with E-state index in [4.69, 9.17) is 12.2 Å². The first-order valence-electron chi connectivity index (χ1n) is 7.10. The minimum absolute atomic E-state index is 0.301. The van der Waals surface area contributed by atoms with Crippen molar-refractivity contribution in [3.8, 4) is 5.69 Å². The maximum Gasteiger partial charge on any atom is 0.274 e. The van der Waals surface area contributed by atoms with E-state index in [-0.39, 0.29) is 11.7 Å². The molecule has 0 unspecified atom stereocenters. The van der Waals surface area contributed by atoms with Crippen LogP contribution in [0.15, 0.2) is 59.6 Å². The Hall–Kier alpha value is -2.38. The van der Waals surface area contributed by atoms with Crippen LogP contribution in [0.1, 0.15) is 10.5 Å². The van der Waals surface area contributed by atoms with Gasteiger partial charge in [0.25, 0.3) is 5.91 Å². The molecule has 0 fully saturated rings. The lowest BCUT2D eigenvalue weighted by molar-refractivity contribution is 0.102. The quantitative estimate of drug-likeness (QED) is 0.527. The van der Waals surface area contributed by atoms with Crippen molar-refractivity contribution in [3.05, 3.63) is 71.0 Å². The molecule has 7 heteroatoms. The molecule has 0 saturated carbocycles. The van der Waals surface area contributed by atoms with E-state index in [1.54, 1.807) is 34.7 Å². The van der Waals surface area contributed by atoms with Crippen molar-refractivity contribution in [3.63, 3.8) is 0 Å². The minimum Gasteiger partial charge on any atom is -0.336 e. The predicted octanol–water partition coefficient (Wildman–Crippen LogP) is 4.65. The molecule has 0 aliphatic carbocycles. The van der Waals surface area contributed by atoms with Gasteiger partial charge in [-0.15, -0.1) is 11.8 Å². The van der Waals surface area contributed by atoms with E-state index in [0.717, 1.165) is 4.90 Å². The van der Waals surface area contributed by atoms with Crippen LogP contribution in [0.2, 0.25) is 0 Å². The summed E-state index contributed by atoms with van der Waals surface area (Å²) in [4.78, 5) is 16.5. The fourth-order valence-electron chi connectivity index (χ4n) is 2.28. The third-order valence-corrected chi connectivity index (χ3v) is 4.45. The first kappa shape index (κ1) is 16.5. The van der Waals surface area contributed by atoms with Crippen LogP contribution in [0.3, 0.4) is 0 Å². The number of rotatable bonds is 4. The van der Waals surface area contributed by atoms with Crippen LogP contribution in [0.4, 0.5) is 10.1 Å². The number of nitrogens with one attached hydrogen (secondary N) is 2. The minimum atomic E-state index is -0.347. The smallest absolute Gasteiger partial charge is 0.274 e. The van der Waals surface area contributed by atoms with Gasteiger partial charge in [0.05, 0.1) is 0 Å². The number of aromatic nitrogens is 2. The number of nitrogens with zero attached hydrogens (tertiary/aromatic N) is 1. The van der Waals surface area contributed by atoms with E-state index in [2.05, 4.69) is 10.3 Å². The number of carbonyl (C=O) groups is 1. The number of thioether (sulfide) groups is 1. The number of imidazole rings is 1. The maximum absolute atomic E-state index is 13.1. The Morgan fingerprint density at radius 2 is 2.00 bits per heavy atom. The summed E-state index contributed by atoms with van der Waals surface area (Å²) in [5.41, 5.74) is 1.66. The molecule has 1 heterocycles. The highest BCUT2D eigenvalue weighted by molar-refractivity contribution is 7.98. The molecule has 2 aromatic carbocycles. The van der Waals surface area contributed by atoms with E-state index in [1.807, 2.05) is 30.5 Å². The summed E-state index contributed by atoms with van der Waals surface area (Å²) in [6.45, 7) is 0. The van der Waals surface area contributed by atoms with Gasteiger partial charge in [-0.1, -0.05) is 6.07 Å². The Morgan fingerprint density at radius 1 is 1.25 bits per heavy atom. The number of anilines is 1. The third kappa shape index (κ3) is 3.42. The fourth-order valence-corrected chi connectivity index (χ4v) is 3.00. The van der Waals surface area contributed by atoms with E-state index >= 15 is 0 Å². The molecule has 0 spiro atoms. The van der Waals surface area contributed by atoms with Gasteiger partial charge in [0.1, 0.15) is 11.5 Å². The van der Waals surface area contributed by atoms with Crippen LogP contribution in [-0.2, 0) is 0 Å². The average Bonchev–Trinajstić information content (AvgIpc) is 2.97. The zero-order chi connectivity index (χ0) is 17.1. The van der Waals surface area contributed by atoms with Gasteiger partial charge in [-0.3, -0.25) is 9.36 Å². The van der Waals surface area contributed by atoms with Crippen LogP contribution < -0.4 is 5.32 Å². The number of amides is 1. The van der Waals surface area contributed by atoms with E-state index in [9.17, 15) is 9.18 Å². The normalized spacial score (nSPS) is 10.6. The standard InChI is InChI=1S/C17H14FN3OS2/c1-24-14-4-2-3-12(9-14)20-16(22)15-10-19-17(23)21(15)13-7-5-11(18)6-8-13/h2-10H,1H3,(H,19,23)(H,20,22). The lowest BCUT2D eigenvalue weighted by atomic mass is 10.3. The molecule has 0 radical (unpaired) electrons. The van der Waals surface area contributed by atoms with Crippen LogP contribution >= 0.6 is 24.0 Å². The Bertz CT molecular complexity index is 932. The Kier molecular flexibility index (Phi) is 4.82. The molecule has 24 heavy (non-hydrogen) atoms. The van der Waals surface area contributed by atoms with Crippen LogP contribution in [-0.4, -0.2) is 21.7 Å². The summed E-state index contributed by atoms with van der Waals surface area (Å²) in [5, 5.41) is 2.85. The van der Waals surface area contributed by atoms with Gasteiger partial charge in [0.15, 0.2) is 4.77 Å². The SMILES string of the molecule is CSc1cccc(NC(=O)c2c[nH]c(=S)n2-c2ccc(F)cc2)c1. The monoisotopic (exact) mass is 359 g/mol. The molecule has 0 saturated heterocycles. The summed E-state index contributed by atoms with van der Waals surface area (Å²) in [6, 6.07) is 13.4. The predicted molar refractivity (Wildman–Crippen MR) is 97.1 cm³/mol. The van der Waals surface area contributed by atoms with Gasteiger partial charge in [0, 0.05) is 22.5 Å². The number of halogens is 1. The molecule has 0 aliphatic rings. The highest BCUT2D eigenvalue weighted by atomic mass is 32.2. The molecule has 0 bridgehead atoms. The number of hydrogen-bond donors (Lipinski definition) is 2. The molecule has 0 atom stereocenters. The van der Waals surface area contributed by atoms with Crippen molar-refractivity contribution in [1.82, 2.24) is 9.55 Å². The zero-order valence-electron chi connectivity index (χ0n) is 12.7. The molecule has 0 aliphatic heterocycles. The van der Waals surface area contributed by atoms with Crippen molar-refractivity contribution in [2.45, 2.75) is 4.90 Å².